The highest BCUT2D eigenvalue weighted by molar-refractivity contribution is 9.10. The Labute approximate surface area is 174 Å². The molecule has 26 heavy (non-hydrogen) atoms. The van der Waals surface area contributed by atoms with Gasteiger partial charge >= 0.3 is 0 Å². The minimum atomic E-state index is 0. The molecule has 2 nitrogen and oxygen atoms in total. The molecule has 0 saturated carbocycles. The molecule has 4 rings (SSSR count). The number of hydrogen-bond acceptors (Lipinski definition) is 2. The number of benzene rings is 2. The van der Waals surface area contributed by atoms with Gasteiger partial charge in [-0.1, -0.05) is 46.3 Å². The van der Waals surface area contributed by atoms with Gasteiger partial charge in [0.15, 0.2) is 0 Å². The molecule has 2 aromatic carbocycles. The van der Waals surface area contributed by atoms with Crippen LogP contribution in [0.4, 0.5) is 0 Å². The lowest BCUT2D eigenvalue weighted by molar-refractivity contribution is 0.225. The second kappa shape index (κ2) is 8.83. The largest absolute Gasteiger partial charge is 0.358 e. The average Bonchev–Trinajstić information content (AvgIpc) is 2.93. The van der Waals surface area contributed by atoms with E-state index in [2.05, 4.69) is 93.0 Å². The summed E-state index contributed by atoms with van der Waals surface area (Å²) in [7, 11) is 0. The third-order valence-corrected chi connectivity index (χ3v) is 7.02. The van der Waals surface area contributed by atoms with Gasteiger partial charge in [-0.25, -0.2) is 0 Å². The molecule has 0 bridgehead atoms. The second-order valence-corrected chi connectivity index (χ2v) is 9.07. The number of rotatable bonds is 4. The van der Waals surface area contributed by atoms with Crippen LogP contribution in [-0.2, 0) is 6.54 Å². The molecule has 3 aromatic rings. The zero-order chi connectivity index (χ0) is 17.2. The van der Waals surface area contributed by atoms with E-state index < -0.39 is 0 Å². The van der Waals surface area contributed by atoms with Gasteiger partial charge in [0.2, 0.25) is 0 Å². The summed E-state index contributed by atoms with van der Waals surface area (Å²) in [6, 6.07) is 17.3. The molecule has 2 heterocycles. The van der Waals surface area contributed by atoms with Crippen molar-refractivity contribution in [3.05, 3.63) is 64.3 Å². The molecule has 0 spiro atoms. The van der Waals surface area contributed by atoms with Crippen LogP contribution in [0.1, 0.15) is 24.1 Å². The summed E-state index contributed by atoms with van der Waals surface area (Å²) >= 11 is 5.68. The van der Waals surface area contributed by atoms with E-state index in [0.717, 1.165) is 11.0 Å². The molecule has 1 saturated heterocycles. The van der Waals surface area contributed by atoms with Crippen molar-refractivity contribution in [1.29, 1.82) is 0 Å². The number of hydrogen-bond donors (Lipinski definition) is 1. The summed E-state index contributed by atoms with van der Waals surface area (Å²) < 4.78 is 1.15. The monoisotopic (exact) mass is 450 g/mol. The first-order valence-corrected chi connectivity index (χ1v) is 10.6. The third kappa shape index (κ3) is 4.48. The Kier molecular flexibility index (Phi) is 6.73. The van der Waals surface area contributed by atoms with E-state index in [4.69, 9.17) is 0 Å². The van der Waals surface area contributed by atoms with Crippen LogP contribution in [0.3, 0.4) is 0 Å². The Morgan fingerprint density at radius 2 is 1.85 bits per heavy atom. The number of aromatic amines is 1. The van der Waals surface area contributed by atoms with Crippen molar-refractivity contribution in [2.24, 2.45) is 0 Å². The molecule has 1 aliphatic heterocycles. The quantitative estimate of drug-likeness (QED) is 0.493. The predicted octanol–water partition coefficient (Wildman–Crippen LogP) is 6.42. The molecule has 1 aliphatic rings. The molecule has 138 valence electrons. The fourth-order valence-electron chi connectivity index (χ4n) is 3.62. The van der Waals surface area contributed by atoms with Gasteiger partial charge in [0.05, 0.1) is 0 Å². The van der Waals surface area contributed by atoms with Gasteiger partial charge in [-0.05, 0) is 56.6 Å². The lowest BCUT2D eigenvalue weighted by Gasteiger charge is -2.31. The number of likely N-dealkylation sites (tertiary alicyclic amines) is 1. The van der Waals surface area contributed by atoms with Crippen molar-refractivity contribution in [3.8, 4) is 0 Å². The minimum Gasteiger partial charge on any atom is -0.358 e. The van der Waals surface area contributed by atoms with E-state index in [0.29, 0.717) is 5.25 Å². The standard InChI is InChI=1S/C21H23BrN2S.ClH/c1-15-21(19-13-17(22)7-8-20(19)23-15)25-18-9-11-24(12-10-18)14-16-5-3-2-4-6-16;/h2-8,13,18,23H,9-12,14H2,1H3;1H. The van der Waals surface area contributed by atoms with Crippen LogP contribution in [0.25, 0.3) is 10.9 Å². The van der Waals surface area contributed by atoms with Gasteiger partial charge in [0.1, 0.15) is 0 Å². The number of H-pyrrole nitrogens is 1. The van der Waals surface area contributed by atoms with E-state index in [1.165, 1.54) is 53.0 Å². The molecule has 0 amide bonds. The molecule has 0 radical (unpaired) electrons. The highest BCUT2D eigenvalue weighted by Crippen LogP contribution is 2.38. The minimum absolute atomic E-state index is 0. The van der Waals surface area contributed by atoms with E-state index >= 15 is 0 Å². The third-order valence-electron chi connectivity index (χ3n) is 4.96. The van der Waals surface area contributed by atoms with Crippen LogP contribution in [-0.4, -0.2) is 28.2 Å². The number of fused-ring (bicyclic) bond motifs is 1. The number of nitrogens with zero attached hydrogens (tertiary/aromatic N) is 1. The van der Waals surface area contributed by atoms with Gasteiger partial charge in [-0.2, -0.15) is 0 Å². The van der Waals surface area contributed by atoms with E-state index in [1.807, 2.05) is 0 Å². The number of halogens is 2. The maximum Gasteiger partial charge on any atom is 0.0468 e. The smallest absolute Gasteiger partial charge is 0.0468 e. The van der Waals surface area contributed by atoms with Crippen LogP contribution in [0.15, 0.2) is 57.9 Å². The Balaban J connectivity index is 0.00000196. The van der Waals surface area contributed by atoms with Gasteiger partial charge in [0.25, 0.3) is 0 Å². The van der Waals surface area contributed by atoms with Crippen LogP contribution in [0.5, 0.6) is 0 Å². The first-order chi connectivity index (χ1) is 12.2. The predicted molar refractivity (Wildman–Crippen MR) is 119 cm³/mol. The molecule has 0 atom stereocenters. The lowest BCUT2D eigenvalue weighted by atomic mass is 10.1. The van der Waals surface area contributed by atoms with Gasteiger partial charge in [-0.3, -0.25) is 4.90 Å². The summed E-state index contributed by atoms with van der Waals surface area (Å²) in [5.41, 5.74) is 3.96. The highest BCUT2D eigenvalue weighted by atomic mass is 79.9. The summed E-state index contributed by atoms with van der Waals surface area (Å²) in [5.74, 6) is 0. The van der Waals surface area contributed by atoms with Crippen molar-refractivity contribution in [2.75, 3.05) is 13.1 Å². The van der Waals surface area contributed by atoms with Crippen LogP contribution in [0, 0.1) is 6.92 Å². The van der Waals surface area contributed by atoms with E-state index in [-0.39, 0.29) is 12.4 Å². The topological polar surface area (TPSA) is 19.0 Å². The lowest BCUT2D eigenvalue weighted by Crippen LogP contribution is -2.34. The van der Waals surface area contributed by atoms with E-state index in [9.17, 15) is 0 Å². The fourth-order valence-corrected chi connectivity index (χ4v) is 5.28. The van der Waals surface area contributed by atoms with Crippen molar-refractivity contribution in [1.82, 2.24) is 9.88 Å². The molecule has 1 aromatic heterocycles. The van der Waals surface area contributed by atoms with Crippen molar-refractivity contribution < 1.29 is 0 Å². The maximum absolute atomic E-state index is 3.61. The fraction of sp³-hybridized carbons (Fsp3) is 0.333. The Morgan fingerprint density at radius 3 is 2.58 bits per heavy atom. The van der Waals surface area contributed by atoms with Crippen molar-refractivity contribution in [3.63, 3.8) is 0 Å². The molecule has 0 aliphatic carbocycles. The average molecular weight is 452 g/mol. The molecular formula is C21H24BrClN2S. The number of nitrogens with one attached hydrogen (secondary N) is 1. The molecular weight excluding hydrogens is 428 g/mol. The van der Waals surface area contributed by atoms with Gasteiger partial charge in [-0.15, -0.1) is 24.2 Å². The summed E-state index contributed by atoms with van der Waals surface area (Å²) in [6.45, 7) is 5.66. The SMILES string of the molecule is Cc1[nH]c2ccc(Br)cc2c1SC1CCN(Cc2ccccc2)CC1.Cl. The summed E-state index contributed by atoms with van der Waals surface area (Å²) in [6.07, 6.45) is 2.52. The second-order valence-electron chi connectivity index (χ2n) is 6.85. The molecule has 0 unspecified atom stereocenters. The van der Waals surface area contributed by atoms with Gasteiger partial charge in [0, 0.05) is 37.8 Å². The Bertz CT molecular complexity index is 857. The molecule has 1 N–H and O–H groups in total. The summed E-state index contributed by atoms with van der Waals surface area (Å²) in [5, 5.41) is 2.06. The molecule has 1 fully saturated rings. The number of aromatic nitrogens is 1. The number of aryl methyl sites for hydroxylation is 1. The number of thioether (sulfide) groups is 1. The van der Waals surface area contributed by atoms with Crippen LogP contribution >= 0.6 is 40.1 Å². The zero-order valence-electron chi connectivity index (χ0n) is 14.9. The normalized spacial score (nSPS) is 15.9. The Morgan fingerprint density at radius 1 is 1.12 bits per heavy atom. The maximum atomic E-state index is 3.61. The van der Waals surface area contributed by atoms with Crippen LogP contribution in [0.2, 0.25) is 0 Å². The first-order valence-electron chi connectivity index (χ1n) is 8.90. The summed E-state index contributed by atoms with van der Waals surface area (Å²) in [4.78, 5) is 7.55. The number of piperidine rings is 1. The Hall–Kier alpha value is -0.940. The van der Waals surface area contributed by atoms with Crippen molar-refractivity contribution in [2.45, 2.75) is 36.5 Å². The van der Waals surface area contributed by atoms with Gasteiger partial charge < -0.3 is 4.98 Å². The van der Waals surface area contributed by atoms with Crippen LogP contribution < -0.4 is 0 Å². The molecule has 5 heteroatoms. The van der Waals surface area contributed by atoms with Crippen molar-refractivity contribution >= 4 is 51.0 Å². The zero-order valence-corrected chi connectivity index (χ0v) is 18.1. The van der Waals surface area contributed by atoms with E-state index in [1.54, 1.807) is 0 Å². The first kappa shape index (κ1) is 19.8. The highest BCUT2D eigenvalue weighted by Gasteiger charge is 2.22.